The molecular formula is C10H12Li4N5O12P3. The van der Waals surface area contributed by atoms with Crippen LogP contribution >= 0.6 is 23.5 Å². The van der Waals surface area contributed by atoms with E-state index in [0.717, 1.165) is 0 Å². The number of anilines is 1. The molecule has 2 aromatic heterocycles. The van der Waals surface area contributed by atoms with Crippen molar-refractivity contribution in [3.8, 4) is 0 Å². The first kappa shape index (κ1) is 37.2. The molecule has 5 unspecified atom stereocenters. The monoisotopic (exact) mass is 515 g/mol. The maximum absolute atomic E-state index is 11.6. The van der Waals surface area contributed by atoms with Crippen LogP contribution in [0.2, 0.25) is 0 Å². The molecule has 3 rings (SSSR count). The second kappa shape index (κ2) is 14.3. The summed E-state index contributed by atoms with van der Waals surface area (Å²) >= 11 is 0. The van der Waals surface area contributed by atoms with Crippen molar-refractivity contribution in [2.24, 2.45) is 0 Å². The number of nitrogens with two attached hydrogens (primary N) is 1. The van der Waals surface area contributed by atoms with Crippen LogP contribution in [0.25, 0.3) is 11.2 Å². The van der Waals surface area contributed by atoms with Gasteiger partial charge in [-0.15, -0.1) is 0 Å². The maximum atomic E-state index is 11.6. The molecule has 0 bridgehead atoms. The number of phosphoric ester groups is 1. The normalized spacial score (nSPS) is 23.4. The summed E-state index contributed by atoms with van der Waals surface area (Å²) in [4.78, 5) is 55.1. The molecule has 0 saturated carbocycles. The first-order valence-electron chi connectivity index (χ1n) is 7.75. The van der Waals surface area contributed by atoms with Crippen molar-refractivity contribution in [2.75, 3.05) is 12.3 Å². The fraction of sp³-hybridized carbons (Fsp3) is 0.500. The molecule has 3 heterocycles. The third-order valence-electron chi connectivity index (χ3n) is 3.65. The van der Waals surface area contributed by atoms with E-state index in [1.807, 2.05) is 0 Å². The van der Waals surface area contributed by atoms with E-state index >= 15 is 0 Å². The molecule has 1 fully saturated rings. The number of hydrogen-bond acceptors (Lipinski definition) is 16. The summed E-state index contributed by atoms with van der Waals surface area (Å²) in [6, 6.07) is 0. The van der Waals surface area contributed by atoms with Crippen molar-refractivity contribution in [1.29, 1.82) is 0 Å². The van der Waals surface area contributed by atoms with Crippen molar-refractivity contribution in [3.63, 3.8) is 0 Å². The molecule has 0 amide bonds. The van der Waals surface area contributed by atoms with Crippen LogP contribution in [0.15, 0.2) is 12.5 Å². The second-order valence-corrected chi connectivity index (χ2v) is 10.1. The summed E-state index contributed by atoms with van der Waals surface area (Å²) in [7, 11) is -17.9. The Morgan fingerprint density at radius 1 is 1.09 bits per heavy atom. The van der Waals surface area contributed by atoms with Crippen LogP contribution in [0, 0.1) is 0 Å². The average Bonchev–Trinajstić information content (AvgIpc) is 3.12. The molecule has 3 N–H and O–H groups in total. The van der Waals surface area contributed by atoms with E-state index in [1.54, 1.807) is 0 Å². The zero-order valence-corrected chi connectivity index (χ0v) is 21.1. The Balaban J connectivity index is 0. The van der Waals surface area contributed by atoms with Gasteiger partial charge in [0.25, 0.3) is 15.6 Å². The van der Waals surface area contributed by atoms with Crippen molar-refractivity contribution in [3.05, 3.63) is 12.5 Å². The topological polar surface area (TPSA) is 270 Å². The molecule has 2 aromatic rings. The van der Waals surface area contributed by atoms with Gasteiger partial charge in [-0.3, -0.25) is 18.0 Å². The third kappa shape index (κ3) is 10.4. The van der Waals surface area contributed by atoms with Gasteiger partial charge in [-0.1, -0.05) is 0 Å². The van der Waals surface area contributed by atoms with Crippen LogP contribution in [0.3, 0.4) is 0 Å². The number of nitrogen functional groups attached to an aromatic ring is 1. The average molecular weight is 515 g/mol. The molecule has 5 atom stereocenters. The van der Waals surface area contributed by atoms with E-state index < -0.39 is 48.5 Å². The number of aliphatic hydroxyl groups is 1. The van der Waals surface area contributed by atoms with Crippen molar-refractivity contribution < 1.29 is 132 Å². The van der Waals surface area contributed by atoms with Gasteiger partial charge in [0.15, 0.2) is 5.65 Å². The van der Waals surface area contributed by atoms with E-state index in [2.05, 4.69) is 28.1 Å². The van der Waals surface area contributed by atoms with E-state index in [9.17, 15) is 38.4 Å². The molecule has 24 heteroatoms. The Bertz CT molecular complexity index is 1090. The maximum Gasteiger partial charge on any atom is 1.00 e. The first-order chi connectivity index (χ1) is 13.7. The molecule has 1 aliphatic heterocycles. The zero-order valence-electron chi connectivity index (χ0n) is 18.4. The standard InChI is InChI=1S/C10H16N5O12P3.4Li/c11-10-12-2-5-9(14-10)15(4-13-5)8-1-6(16)7(25-8)3-24-29(20,21)27-30(22,23)26-28(17,18)19;;;;/h2,4,6-8,16H,1,3H2,(H,20,21)(H,22,23)(H2,11,12,14)(H2,17,18,19);;;;/q;4*+1/p-4. The second-order valence-electron chi connectivity index (χ2n) is 5.82. The van der Waals surface area contributed by atoms with Gasteiger partial charge < -0.3 is 44.2 Å². The SMILES string of the molecule is Nc1ncc2ncn(C3CC(O)C(COP(=O)([O-])OP(=O)([O-])OP(=O)([O-])[O-])O3)c2n1.[Li+].[Li+].[Li+].[Li+]. The van der Waals surface area contributed by atoms with Gasteiger partial charge in [-0.25, -0.2) is 14.3 Å². The van der Waals surface area contributed by atoms with Crippen LogP contribution in [0.5, 0.6) is 0 Å². The summed E-state index contributed by atoms with van der Waals surface area (Å²) in [6.45, 7) is -0.908. The van der Waals surface area contributed by atoms with Gasteiger partial charge in [0.1, 0.15) is 17.8 Å². The van der Waals surface area contributed by atoms with Gasteiger partial charge in [0.05, 0.1) is 33.1 Å². The summed E-state index contributed by atoms with van der Waals surface area (Å²) in [6.07, 6.45) is -0.750. The molecule has 1 saturated heterocycles. The number of aliphatic hydroxyl groups excluding tert-OH is 1. The number of fused-ring (bicyclic) bond motifs is 1. The third-order valence-corrected chi connectivity index (χ3v) is 7.31. The molecule has 0 aromatic carbocycles. The largest absolute Gasteiger partial charge is 1.00 e. The quantitative estimate of drug-likeness (QED) is 0.244. The van der Waals surface area contributed by atoms with Gasteiger partial charge in [-0.2, -0.15) is 4.98 Å². The van der Waals surface area contributed by atoms with E-state index in [0.29, 0.717) is 5.52 Å². The molecule has 0 radical (unpaired) electrons. The molecule has 34 heavy (non-hydrogen) atoms. The van der Waals surface area contributed by atoms with Gasteiger partial charge >= 0.3 is 75.4 Å². The summed E-state index contributed by atoms with van der Waals surface area (Å²) in [5.41, 5.74) is 6.18. The van der Waals surface area contributed by atoms with E-state index in [4.69, 9.17) is 10.5 Å². The van der Waals surface area contributed by atoms with E-state index in [-0.39, 0.29) is 93.5 Å². The number of aromatic nitrogens is 4. The molecule has 0 aliphatic carbocycles. The van der Waals surface area contributed by atoms with Crippen LogP contribution < -0.4 is 101 Å². The molecular weight excluding hydrogens is 503 g/mol. The van der Waals surface area contributed by atoms with E-state index in [1.165, 1.54) is 17.1 Å². The minimum Gasteiger partial charge on any atom is -0.790 e. The Labute approximate surface area is 240 Å². The fourth-order valence-corrected chi connectivity index (χ4v) is 5.40. The predicted octanol–water partition coefficient (Wildman–Crippen LogP) is -15.1. The number of rotatable bonds is 8. The minimum atomic E-state index is -6.09. The van der Waals surface area contributed by atoms with Crippen LogP contribution in [-0.4, -0.2) is 43.4 Å². The Morgan fingerprint density at radius 2 is 1.71 bits per heavy atom. The predicted molar refractivity (Wildman–Crippen MR) is 85.2 cm³/mol. The molecule has 168 valence electrons. The molecule has 17 nitrogen and oxygen atoms in total. The first-order valence-corrected chi connectivity index (χ1v) is 12.1. The van der Waals surface area contributed by atoms with Crippen LogP contribution in [0.1, 0.15) is 12.6 Å². The Morgan fingerprint density at radius 3 is 2.29 bits per heavy atom. The fourth-order valence-electron chi connectivity index (χ4n) is 2.53. The van der Waals surface area contributed by atoms with Gasteiger partial charge in [0.2, 0.25) is 5.95 Å². The van der Waals surface area contributed by atoms with Crippen molar-refractivity contribution in [1.82, 2.24) is 19.5 Å². The summed E-state index contributed by atoms with van der Waals surface area (Å²) in [5, 5.41) is 10.1. The number of nitrogens with zero attached hydrogens (tertiary/aromatic N) is 4. The summed E-state index contributed by atoms with van der Waals surface area (Å²) in [5.74, 6) is -0.0444. The molecule has 1 aliphatic rings. The Hall–Kier alpha value is 1.07. The summed E-state index contributed by atoms with van der Waals surface area (Å²) < 4.78 is 50.7. The van der Waals surface area contributed by atoms with Gasteiger partial charge in [0, 0.05) is 6.42 Å². The van der Waals surface area contributed by atoms with Crippen molar-refractivity contribution in [2.45, 2.75) is 24.9 Å². The number of imidazole rings is 1. The number of ether oxygens (including phenoxy) is 1. The molecule has 0 spiro atoms. The van der Waals surface area contributed by atoms with Crippen molar-refractivity contribution >= 4 is 40.6 Å². The number of phosphoric acid groups is 3. The Kier molecular flexibility index (Phi) is 15.6. The van der Waals surface area contributed by atoms with Gasteiger partial charge in [-0.05, 0) is 0 Å². The minimum absolute atomic E-state index is 0. The number of hydrogen-bond donors (Lipinski definition) is 2. The van der Waals surface area contributed by atoms with Crippen LogP contribution in [-0.2, 0) is 31.6 Å². The zero-order chi connectivity index (χ0) is 22.3. The smallest absolute Gasteiger partial charge is 0.790 e. The van der Waals surface area contributed by atoms with Crippen LogP contribution in [0.4, 0.5) is 5.95 Å².